The fraction of sp³-hybridized carbons (Fsp3) is 0.429. The summed E-state index contributed by atoms with van der Waals surface area (Å²) in [5.41, 5.74) is 4.05. The van der Waals surface area contributed by atoms with E-state index in [-0.39, 0.29) is 17.1 Å². The number of benzene rings is 2. The molecule has 0 radical (unpaired) electrons. The van der Waals surface area contributed by atoms with Gasteiger partial charge in [-0.1, -0.05) is 48.6 Å². The van der Waals surface area contributed by atoms with Crippen LogP contribution in [-0.2, 0) is 4.74 Å². The number of carboxylic acid groups (broad SMARTS) is 1. The van der Waals surface area contributed by atoms with Gasteiger partial charge in [-0.25, -0.2) is 9.59 Å². The number of aromatic carboxylic acids is 1. The summed E-state index contributed by atoms with van der Waals surface area (Å²) in [6.07, 6.45) is 5.38. The zero-order valence-corrected chi connectivity index (χ0v) is 22.9. The molecule has 0 aliphatic heterocycles. The number of halogens is 1. The summed E-state index contributed by atoms with van der Waals surface area (Å²) in [4.78, 5) is 47.9. The van der Waals surface area contributed by atoms with Crippen molar-refractivity contribution in [2.75, 3.05) is 12.0 Å². The van der Waals surface area contributed by atoms with Gasteiger partial charge in [0.05, 0.1) is 18.2 Å². The Morgan fingerprint density at radius 3 is 1.54 bits per heavy atom. The van der Waals surface area contributed by atoms with E-state index in [1.54, 1.807) is 31.2 Å². The van der Waals surface area contributed by atoms with E-state index in [4.69, 9.17) is 5.11 Å². The van der Waals surface area contributed by atoms with Crippen LogP contribution in [0.3, 0.4) is 0 Å². The standard InChI is InChI=1S/C14H16O3.C13H14O3.CH3I/c1-3-13(15)12-8-10(14(16)17-2)6-7-11(12)9-4-5-9;1-2-12(14)11-7-9(13(15)16)5-6-10(11)8-3-4-8;1-2/h6-9H,3-5H2,1-2H3;5-8H,2-4H2,1H3,(H,15,16);1H3. The van der Waals surface area contributed by atoms with Gasteiger partial charge in [-0.05, 0) is 77.8 Å². The molecular weight excluding hydrogens is 559 g/mol. The quantitative estimate of drug-likeness (QED) is 0.156. The summed E-state index contributed by atoms with van der Waals surface area (Å²) in [6, 6.07) is 10.2. The van der Waals surface area contributed by atoms with Gasteiger partial charge in [-0.15, -0.1) is 0 Å². The van der Waals surface area contributed by atoms with Crippen LogP contribution in [0.4, 0.5) is 0 Å². The molecule has 7 heteroatoms. The number of alkyl halides is 1. The first kappa shape index (κ1) is 28.7. The van der Waals surface area contributed by atoms with E-state index >= 15 is 0 Å². The molecule has 1 N–H and O–H groups in total. The molecule has 2 fully saturated rings. The molecule has 0 saturated heterocycles. The van der Waals surface area contributed by atoms with E-state index < -0.39 is 11.9 Å². The molecule has 0 atom stereocenters. The number of hydrogen-bond acceptors (Lipinski definition) is 5. The van der Waals surface area contributed by atoms with Crippen LogP contribution >= 0.6 is 22.6 Å². The van der Waals surface area contributed by atoms with Crippen molar-refractivity contribution in [3.8, 4) is 0 Å². The monoisotopic (exact) mass is 592 g/mol. The minimum atomic E-state index is -0.979. The lowest BCUT2D eigenvalue weighted by Gasteiger charge is -2.08. The fourth-order valence-corrected chi connectivity index (χ4v) is 3.85. The third kappa shape index (κ3) is 7.72. The van der Waals surface area contributed by atoms with Crippen molar-refractivity contribution in [3.63, 3.8) is 0 Å². The minimum Gasteiger partial charge on any atom is -0.478 e. The Hall–Kier alpha value is -2.55. The van der Waals surface area contributed by atoms with Crippen LogP contribution in [0.25, 0.3) is 0 Å². The molecule has 35 heavy (non-hydrogen) atoms. The topological polar surface area (TPSA) is 97.7 Å². The van der Waals surface area contributed by atoms with Gasteiger partial charge in [0.15, 0.2) is 11.6 Å². The number of esters is 1. The van der Waals surface area contributed by atoms with Crippen LogP contribution < -0.4 is 0 Å². The van der Waals surface area contributed by atoms with Gasteiger partial charge in [-0.2, -0.15) is 0 Å². The Balaban J connectivity index is 0.000000231. The summed E-state index contributed by atoms with van der Waals surface area (Å²) >= 11 is 2.15. The first-order valence-corrected chi connectivity index (χ1v) is 14.0. The van der Waals surface area contributed by atoms with Gasteiger partial charge in [-0.3, -0.25) is 9.59 Å². The highest BCUT2D eigenvalue weighted by molar-refractivity contribution is 14.1. The number of ether oxygens (including phenoxy) is 1. The number of carbonyl (C=O) groups is 4. The molecule has 0 unspecified atom stereocenters. The highest BCUT2D eigenvalue weighted by Gasteiger charge is 2.29. The summed E-state index contributed by atoms with van der Waals surface area (Å²) in [6.45, 7) is 3.64. The van der Waals surface area contributed by atoms with Gasteiger partial charge in [0, 0.05) is 24.0 Å². The second-order valence-corrected chi connectivity index (χ2v) is 8.50. The largest absolute Gasteiger partial charge is 0.478 e. The Morgan fingerprint density at radius 1 is 0.800 bits per heavy atom. The summed E-state index contributed by atoms with van der Waals surface area (Å²) < 4.78 is 4.67. The molecule has 2 aromatic carbocycles. The van der Waals surface area contributed by atoms with E-state index in [1.807, 2.05) is 17.9 Å². The van der Waals surface area contributed by atoms with Crippen LogP contribution in [0.15, 0.2) is 36.4 Å². The van der Waals surface area contributed by atoms with Crippen LogP contribution in [-0.4, -0.2) is 40.7 Å². The maximum Gasteiger partial charge on any atom is 0.337 e. The first-order chi connectivity index (χ1) is 16.8. The molecule has 2 saturated carbocycles. The van der Waals surface area contributed by atoms with Crippen molar-refractivity contribution in [2.24, 2.45) is 0 Å². The molecule has 188 valence electrons. The zero-order chi connectivity index (χ0) is 26.1. The van der Waals surface area contributed by atoms with Crippen molar-refractivity contribution >= 4 is 46.1 Å². The molecule has 0 spiro atoms. The van der Waals surface area contributed by atoms with Crippen LogP contribution in [0.2, 0.25) is 0 Å². The van der Waals surface area contributed by atoms with Crippen LogP contribution in [0, 0.1) is 0 Å². The molecular formula is C28H33IO6. The highest BCUT2D eigenvalue weighted by atomic mass is 127. The predicted octanol–water partition coefficient (Wildman–Crippen LogP) is 6.85. The molecule has 0 bridgehead atoms. The first-order valence-electron chi connectivity index (χ1n) is 11.8. The lowest BCUT2D eigenvalue weighted by Crippen LogP contribution is -2.07. The molecule has 0 aromatic heterocycles. The van der Waals surface area contributed by atoms with Crippen LogP contribution in [0.5, 0.6) is 0 Å². The van der Waals surface area contributed by atoms with Crippen molar-refractivity contribution in [2.45, 2.75) is 64.2 Å². The Morgan fingerprint density at radius 2 is 1.20 bits per heavy atom. The predicted molar refractivity (Wildman–Crippen MR) is 144 cm³/mol. The zero-order valence-electron chi connectivity index (χ0n) is 20.7. The highest BCUT2D eigenvalue weighted by Crippen LogP contribution is 2.43. The third-order valence-corrected chi connectivity index (χ3v) is 6.05. The average Bonchev–Trinajstić information content (AvgIpc) is 3.81. The smallest absolute Gasteiger partial charge is 0.337 e. The van der Waals surface area contributed by atoms with E-state index in [2.05, 4.69) is 27.3 Å². The number of methoxy groups -OCH3 is 1. The Labute approximate surface area is 220 Å². The maximum atomic E-state index is 11.9. The lowest BCUT2D eigenvalue weighted by atomic mass is 9.96. The van der Waals surface area contributed by atoms with Crippen LogP contribution in [0.1, 0.15) is 117 Å². The number of hydrogen-bond donors (Lipinski definition) is 1. The van der Waals surface area contributed by atoms with Gasteiger partial charge in [0.2, 0.25) is 0 Å². The van der Waals surface area contributed by atoms with E-state index in [1.165, 1.54) is 13.2 Å². The number of Topliss-reactive ketones (excluding diaryl/α,β-unsaturated/α-hetero) is 2. The minimum absolute atomic E-state index is 0.0324. The normalized spacial score (nSPS) is 14.0. The maximum absolute atomic E-state index is 11.9. The van der Waals surface area contributed by atoms with Gasteiger partial charge in [0.1, 0.15) is 0 Å². The number of carbonyl (C=O) groups excluding carboxylic acids is 3. The summed E-state index contributed by atoms with van der Waals surface area (Å²) in [5, 5.41) is 8.90. The Bertz CT molecular complexity index is 1080. The molecule has 2 aliphatic rings. The number of carboxylic acids is 1. The molecule has 0 amide bonds. The molecule has 2 aromatic rings. The summed E-state index contributed by atoms with van der Waals surface area (Å²) in [5.74, 6) is -0.270. The Kier molecular flexibility index (Phi) is 11.1. The van der Waals surface area contributed by atoms with Gasteiger partial charge >= 0.3 is 11.9 Å². The molecule has 0 heterocycles. The number of ketones is 2. The second-order valence-electron chi connectivity index (χ2n) is 8.50. The molecule has 4 rings (SSSR count). The number of rotatable bonds is 8. The van der Waals surface area contributed by atoms with E-state index in [0.29, 0.717) is 41.4 Å². The van der Waals surface area contributed by atoms with Crippen molar-refractivity contribution in [1.29, 1.82) is 0 Å². The third-order valence-electron chi connectivity index (χ3n) is 6.05. The average molecular weight is 592 g/mol. The van der Waals surface area contributed by atoms with Gasteiger partial charge in [0.25, 0.3) is 0 Å². The molecule has 6 nitrogen and oxygen atoms in total. The fourth-order valence-electron chi connectivity index (χ4n) is 3.85. The van der Waals surface area contributed by atoms with Crippen molar-refractivity contribution in [1.82, 2.24) is 0 Å². The van der Waals surface area contributed by atoms with Crippen molar-refractivity contribution in [3.05, 3.63) is 69.8 Å². The molecule has 2 aliphatic carbocycles. The SMILES string of the molecule is CCC(=O)c1cc(C(=O)O)ccc1C1CC1.CCC(=O)c1cc(C(=O)OC)ccc1C1CC1.CI. The van der Waals surface area contributed by atoms with E-state index in [0.717, 1.165) is 36.8 Å². The summed E-state index contributed by atoms with van der Waals surface area (Å²) in [7, 11) is 1.35. The van der Waals surface area contributed by atoms with Crippen molar-refractivity contribution < 1.29 is 29.0 Å². The lowest BCUT2D eigenvalue weighted by molar-refractivity contribution is 0.0599. The van der Waals surface area contributed by atoms with Gasteiger partial charge < -0.3 is 9.84 Å². The van der Waals surface area contributed by atoms with E-state index in [9.17, 15) is 19.2 Å². The second kappa shape index (κ2) is 13.5.